The number of thioether (sulfide) groups is 1. The zero-order valence-corrected chi connectivity index (χ0v) is 18.7. The van der Waals surface area contributed by atoms with Crippen LogP contribution in [0.3, 0.4) is 0 Å². The minimum atomic E-state index is -0.146. The molecule has 0 saturated carbocycles. The third-order valence-corrected chi connectivity index (χ3v) is 6.47. The van der Waals surface area contributed by atoms with E-state index in [4.69, 9.17) is 25.8 Å². The number of aromatic nitrogens is 4. The van der Waals surface area contributed by atoms with E-state index in [2.05, 4.69) is 17.1 Å². The fraction of sp³-hybridized carbons (Fsp3) is 0.524. The van der Waals surface area contributed by atoms with Crippen LogP contribution in [0, 0.1) is 0 Å². The first-order valence-corrected chi connectivity index (χ1v) is 11.6. The van der Waals surface area contributed by atoms with Crippen LogP contribution >= 0.6 is 23.4 Å². The second kappa shape index (κ2) is 9.49. The summed E-state index contributed by atoms with van der Waals surface area (Å²) >= 11 is 7.57. The molecule has 2 aromatic heterocycles. The van der Waals surface area contributed by atoms with Gasteiger partial charge in [-0.1, -0.05) is 41.9 Å². The lowest BCUT2D eigenvalue weighted by molar-refractivity contribution is 0.0937. The maximum atomic E-state index is 13.2. The van der Waals surface area contributed by atoms with Gasteiger partial charge in [0, 0.05) is 18.1 Å². The van der Waals surface area contributed by atoms with Gasteiger partial charge in [0.2, 0.25) is 5.89 Å². The normalized spacial score (nSPS) is 17.6. The van der Waals surface area contributed by atoms with Gasteiger partial charge in [0.15, 0.2) is 11.0 Å². The summed E-state index contributed by atoms with van der Waals surface area (Å²) in [7, 11) is 0. The van der Waals surface area contributed by atoms with Crippen LogP contribution in [0.15, 0.2) is 32.7 Å². The molecule has 160 valence electrons. The Kier molecular flexibility index (Phi) is 6.75. The molecule has 2 atom stereocenters. The second-order valence-electron chi connectivity index (χ2n) is 7.52. The first kappa shape index (κ1) is 21.3. The van der Waals surface area contributed by atoms with Crippen molar-refractivity contribution in [3.05, 3.63) is 45.3 Å². The molecule has 0 unspecified atom stereocenters. The molecule has 1 aliphatic rings. The van der Waals surface area contributed by atoms with Crippen LogP contribution in [0.4, 0.5) is 0 Å². The first-order chi connectivity index (χ1) is 14.5. The van der Waals surface area contributed by atoms with Crippen molar-refractivity contribution in [3.63, 3.8) is 0 Å². The molecule has 0 bridgehead atoms. The largest absolute Gasteiger partial charge is 0.376 e. The highest BCUT2D eigenvalue weighted by Gasteiger charge is 2.23. The summed E-state index contributed by atoms with van der Waals surface area (Å²) in [5, 5.41) is 5.63. The Morgan fingerprint density at radius 1 is 1.37 bits per heavy atom. The predicted molar refractivity (Wildman–Crippen MR) is 117 cm³/mol. The lowest BCUT2D eigenvalue weighted by Crippen LogP contribution is -2.29. The molecule has 7 nitrogen and oxygen atoms in total. The standard InChI is InChI=1S/C21H25ClN4O3S/c1-3-4-7-18-24-19(29-25-18)13(2)30-21-23-17-11-14(22)8-9-16(17)20(27)26(21)12-15-6-5-10-28-15/h8-9,11,13,15H,3-7,10,12H2,1-2H3/t13-,15-/m1/s1. The summed E-state index contributed by atoms with van der Waals surface area (Å²) in [4.78, 5) is 22.5. The van der Waals surface area contributed by atoms with Crippen molar-refractivity contribution >= 4 is 34.3 Å². The Morgan fingerprint density at radius 2 is 2.23 bits per heavy atom. The molecule has 4 rings (SSSR count). The number of ether oxygens (including phenoxy) is 1. The topological polar surface area (TPSA) is 83.0 Å². The van der Waals surface area contributed by atoms with Crippen molar-refractivity contribution in [2.45, 2.75) is 69.0 Å². The fourth-order valence-corrected chi connectivity index (χ4v) is 4.61. The van der Waals surface area contributed by atoms with Gasteiger partial charge >= 0.3 is 0 Å². The number of hydrogen-bond donors (Lipinski definition) is 0. The average molecular weight is 449 g/mol. The molecule has 1 aliphatic heterocycles. The smallest absolute Gasteiger partial charge is 0.262 e. The van der Waals surface area contributed by atoms with E-state index in [0.717, 1.165) is 38.7 Å². The van der Waals surface area contributed by atoms with E-state index in [0.29, 0.717) is 39.3 Å². The van der Waals surface area contributed by atoms with Gasteiger partial charge in [-0.15, -0.1) is 0 Å². The van der Waals surface area contributed by atoms with Gasteiger partial charge < -0.3 is 9.26 Å². The van der Waals surface area contributed by atoms with Crippen LogP contribution in [0.2, 0.25) is 5.02 Å². The van der Waals surface area contributed by atoms with Crippen LogP contribution < -0.4 is 5.56 Å². The van der Waals surface area contributed by atoms with Crippen molar-refractivity contribution in [2.24, 2.45) is 0 Å². The van der Waals surface area contributed by atoms with Gasteiger partial charge in [0.05, 0.1) is 28.8 Å². The lowest BCUT2D eigenvalue weighted by atomic mass is 10.2. The Labute approximate surface area is 184 Å². The average Bonchev–Trinajstić information content (AvgIpc) is 3.41. The van der Waals surface area contributed by atoms with Crippen LogP contribution in [-0.4, -0.2) is 32.4 Å². The number of halogens is 1. The first-order valence-electron chi connectivity index (χ1n) is 10.4. The van der Waals surface area contributed by atoms with Gasteiger partial charge in [-0.25, -0.2) is 4.98 Å². The highest BCUT2D eigenvalue weighted by atomic mass is 35.5. The van der Waals surface area contributed by atoms with E-state index in [1.165, 1.54) is 11.8 Å². The summed E-state index contributed by atoms with van der Waals surface area (Å²) < 4.78 is 12.9. The number of aryl methyl sites for hydroxylation is 1. The molecule has 0 radical (unpaired) electrons. The minimum absolute atomic E-state index is 0.0213. The maximum Gasteiger partial charge on any atom is 0.262 e. The molecule has 1 fully saturated rings. The van der Waals surface area contributed by atoms with Crippen molar-refractivity contribution in [1.82, 2.24) is 19.7 Å². The molecule has 1 saturated heterocycles. The number of fused-ring (bicyclic) bond motifs is 1. The highest BCUT2D eigenvalue weighted by Crippen LogP contribution is 2.33. The van der Waals surface area contributed by atoms with Gasteiger partial charge in [-0.2, -0.15) is 4.98 Å². The van der Waals surface area contributed by atoms with Crippen LogP contribution in [0.1, 0.15) is 56.5 Å². The van der Waals surface area contributed by atoms with Crippen LogP contribution in [0.5, 0.6) is 0 Å². The summed E-state index contributed by atoms with van der Waals surface area (Å²) in [5.41, 5.74) is 0.496. The quantitative estimate of drug-likeness (QED) is 0.361. The molecule has 9 heteroatoms. The number of nitrogens with zero attached hydrogens (tertiary/aromatic N) is 4. The van der Waals surface area contributed by atoms with Crippen molar-refractivity contribution in [2.75, 3.05) is 6.61 Å². The SMILES string of the molecule is CCCCc1noc([C@@H](C)Sc2nc3cc(Cl)ccc3c(=O)n2C[C@H]2CCCO2)n1. The summed E-state index contributed by atoms with van der Waals surface area (Å²) in [6.45, 7) is 5.32. The van der Waals surface area contributed by atoms with Crippen LogP contribution in [-0.2, 0) is 17.7 Å². The number of rotatable bonds is 8. The monoisotopic (exact) mass is 448 g/mol. The Morgan fingerprint density at radius 3 is 3.00 bits per heavy atom. The molecular formula is C21H25ClN4O3S. The molecule has 30 heavy (non-hydrogen) atoms. The molecular weight excluding hydrogens is 424 g/mol. The molecule has 0 aliphatic carbocycles. The van der Waals surface area contributed by atoms with Crippen LogP contribution in [0.25, 0.3) is 10.9 Å². The fourth-order valence-electron chi connectivity index (χ4n) is 3.49. The Balaban J connectivity index is 1.66. The Bertz CT molecular complexity index is 1080. The molecule has 3 aromatic rings. The van der Waals surface area contributed by atoms with Gasteiger partial charge in [0.1, 0.15) is 0 Å². The van der Waals surface area contributed by atoms with Crippen molar-refractivity contribution < 1.29 is 9.26 Å². The molecule has 1 aromatic carbocycles. The number of benzene rings is 1. The van der Waals surface area contributed by atoms with Gasteiger partial charge in [-0.3, -0.25) is 9.36 Å². The molecule has 0 spiro atoms. The summed E-state index contributed by atoms with van der Waals surface area (Å²) in [6.07, 6.45) is 4.87. The van der Waals surface area contributed by atoms with E-state index >= 15 is 0 Å². The second-order valence-corrected chi connectivity index (χ2v) is 9.26. The van der Waals surface area contributed by atoms with Crippen molar-refractivity contribution in [3.8, 4) is 0 Å². The predicted octanol–water partition coefficient (Wildman–Crippen LogP) is 4.81. The lowest BCUT2D eigenvalue weighted by Gasteiger charge is -2.17. The zero-order valence-electron chi connectivity index (χ0n) is 17.1. The summed E-state index contributed by atoms with van der Waals surface area (Å²) in [5.74, 6) is 1.25. The van der Waals surface area contributed by atoms with E-state index in [1.54, 1.807) is 22.8 Å². The van der Waals surface area contributed by atoms with Gasteiger partial charge in [-0.05, 0) is 44.4 Å². The molecule has 0 N–H and O–H groups in total. The highest BCUT2D eigenvalue weighted by molar-refractivity contribution is 7.99. The zero-order chi connectivity index (χ0) is 21.1. The number of hydrogen-bond acceptors (Lipinski definition) is 7. The van der Waals surface area contributed by atoms with E-state index in [9.17, 15) is 4.79 Å². The Hall–Kier alpha value is -1.90. The number of unbranched alkanes of at least 4 members (excludes halogenated alkanes) is 1. The third kappa shape index (κ3) is 4.71. The molecule has 0 amide bonds. The molecule has 3 heterocycles. The van der Waals surface area contributed by atoms with E-state index in [1.807, 2.05) is 6.92 Å². The third-order valence-electron chi connectivity index (χ3n) is 5.16. The maximum absolute atomic E-state index is 13.2. The van der Waals surface area contributed by atoms with E-state index < -0.39 is 0 Å². The minimum Gasteiger partial charge on any atom is -0.376 e. The summed E-state index contributed by atoms with van der Waals surface area (Å²) in [6, 6.07) is 5.17. The van der Waals surface area contributed by atoms with Gasteiger partial charge in [0.25, 0.3) is 5.56 Å². The van der Waals surface area contributed by atoms with E-state index in [-0.39, 0.29) is 16.9 Å². The van der Waals surface area contributed by atoms with Crippen molar-refractivity contribution in [1.29, 1.82) is 0 Å².